The highest BCUT2D eigenvalue weighted by molar-refractivity contribution is 5.77. The van der Waals surface area contributed by atoms with E-state index in [1.165, 1.54) is 0 Å². The topological polar surface area (TPSA) is 77.6 Å². The van der Waals surface area contributed by atoms with E-state index in [-0.39, 0.29) is 5.91 Å². The first kappa shape index (κ1) is 18.9. The first-order valence-corrected chi connectivity index (χ1v) is 9.66. The first-order chi connectivity index (χ1) is 14.0. The molecular formula is C22H24N6O. The molecule has 29 heavy (non-hydrogen) atoms. The van der Waals surface area contributed by atoms with Crippen molar-refractivity contribution in [3.05, 3.63) is 71.4 Å². The van der Waals surface area contributed by atoms with Crippen LogP contribution in [0.5, 0.6) is 0 Å². The van der Waals surface area contributed by atoms with Gasteiger partial charge in [-0.05, 0) is 49.6 Å². The average Bonchev–Trinajstić information content (AvgIpc) is 3.26. The molecule has 0 saturated heterocycles. The molecule has 3 aromatic heterocycles. The zero-order valence-electron chi connectivity index (χ0n) is 16.9. The molecule has 0 radical (unpaired) electrons. The summed E-state index contributed by atoms with van der Waals surface area (Å²) in [6.07, 6.45) is 4.71. The predicted octanol–water partition coefficient (Wildman–Crippen LogP) is 3.02. The fourth-order valence-corrected chi connectivity index (χ4v) is 3.51. The average molecular weight is 388 g/mol. The number of carbonyl (C=O) groups is 1. The van der Waals surface area contributed by atoms with E-state index in [1.54, 1.807) is 12.5 Å². The third-order valence-electron chi connectivity index (χ3n) is 5.26. The normalized spacial score (nSPS) is 11.1. The van der Waals surface area contributed by atoms with Crippen molar-refractivity contribution in [1.29, 1.82) is 0 Å². The van der Waals surface area contributed by atoms with Crippen LogP contribution >= 0.6 is 0 Å². The number of hydrogen-bond acceptors (Lipinski definition) is 4. The minimum Gasteiger partial charge on any atom is -0.352 e. The maximum atomic E-state index is 12.2. The first-order valence-electron chi connectivity index (χ1n) is 9.66. The zero-order chi connectivity index (χ0) is 20.4. The number of aromatic nitrogens is 5. The fraction of sp³-hybridized carbons (Fsp3) is 0.273. The quantitative estimate of drug-likeness (QED) is 0.551. The molecule has 0 fully saturated rings. The van der Waals surface area contributed by atoms with Crippen molar-refractivity contribution in [2.45, 2.75) is 33.2 Å². The summed E-state index contributed by atoms with van der Waals surface area (Å²) in [4.78, 5) is 21.2. The number of hydrogen-bond donors (Lipinski definition) is 1. The molecule has 0 bridgehead atoms. The molecule has 4 rings (SSSR count). The fourth-order valence-electron chi connectivity index (χ4n) is 3.51. The van der Waals surface area contributed by atoms with Crippen molar-refractivity contribution in [1.82, 2.24) is 29.6 Å². The maximum Gasteiger partial charge on any atom is 0.220 e. The summed E-state index contributed by atoms with van der Waals surface area (Å²) in [5.41, 5.74) is 6.17. The van der Waals surface area contributed by atoms with E-state index in [4.69, 9.17) is 0 Å². The smallest absolute Gasteiger partial charge is 0.220 e. The highest BCUT2D eigenvalue weighted by Crippen LogP contribution is 2.17. The van der Waals surface area contributed by atoms with Gasteiger partial charge in [0.25, 0.3) is 0 Å². The lowest BCUT2D eigenvalue weighted by atomic mass is 10.1. The standard InChI is InChI=1S/C22H24N6O/c1-15-18(16(2)27(3)26-15)9-11-22(29)24-13-17-8-10-21(23-12-17)28-14-25-19-6-4-5-7-20(19)28/h4-8,10,12,14H,9,11,13H2,1-3H3,(H,24,29). The second-order valence-corrected chi connectivity index (χ2v) is 7.18. The van der Waals surface area contributed by atoms with E-state index in [0.717, 1.165) is 39.4 Å². The summed E-state index contributed by atoms with van der Waals surface area (Å²) >= 11 is 0. The lowest BCUT2D eigenvalue weighted by molar-refractivity contribution is -0.121. The van der Waals surface area contributed by atoms with E-state index in [2.05, 4.69) is 20.4 Å². The molecule has 1 N–H and O–H groups in total. The largest absolute Gasteiger partial charge is 0.352 e. The molecule has 0 unspecified atom stereocenters. The molecule has 0 aliphatic heterocycles. The van der Waals surface area contributed by atoms with Gasteiger partial charge in [0.05, 0.1) is 16.7 Å². The molecule has 3 heterocycles. The van der Waals surface area contributed by atoms with Crippen LogP contribution in [0.1, 0.15) is 28.9 Å². The summed E-state index contributed by atoms with van der Waals surface area (Å²) in [6.45, 7) is 4.47. The number of nitrogens with one attached hydrogen (secondary N) is 1. The van der Waals surface area contributed by atoms with E-state index in [0.29, 0.717) is 19.4 Å². The Labute approximate surface area is 169 Å². The molecule has 4 aromatic rings. The Bertz CT molecular complexity index is 1160. The lowest BCUT2D eigenvalue weighted by Gasteiger charge is -2.07. The van der Waals surface area contributed by atoms with Crippen LogP contribution in [0.15, 0.2) is 48.9 Å². The second kappa shape index (κ2) is 7.87. The zero-order valence-corrected chi connectivity index (χ0v) is 16.9. The monoisotopic (exact) mass is 388 g/mol. The number of carbonyl (C=O) groups excluding carboxylic acids is 1. The van der Waals surface area contributed by atoms with E-state index in [9.17, 15) is 4.79 Å². The SMILES string of the molecule is Cc1nn(C)c(C)c1CCC(=O)NCc1ccc(-n2cnc3ccccc32)nc1. The van der Waals surface area contributed by atoms with Crippen LogP contribution in [-0.4, -0.2) is 30.2 Å². The summed E-state index contributed by atoms with van der Waals surface area (Å²) in [6, 6.07) is 11.9. The molecule has 0 spiro atoms. The summed E-state index contributed by atoms with van der Waals surface area (Å²) in [5, 5.41) is 7.37. The molecule has 0 saturated carbocycles. The van der Waals surface area contributed by atoms with Crippen LogP contribution in [0, 0.1) is 13.8 Å². The lowest BCUT2D eigenvalue weighted by Crippen LogP contribution is -2.23. The van der Waals surface area contributed by atoms with Crippen LogP contribution in [0.3, 0.4) is 0 Å². The van der Waals surface area contributed by atoms with Gasteiger partial charge in [0.2, 0.25) is 5.91 Å². The number of rotatable bonds is 6. The summed E-state index contributed by atoms with van der Waals surface area (Å²) < 4.78 is 3.82. The number of aryl methyl sites for hydroxylation is 2. The van der Waals surface area contributed by atoms with E-state index in [1.807, 2.05) is 66.5 Å². The van der Waals surface area contributed by atoms with E-state index >= 15 is 0 Å². The molecule has 1 aromatic carbocycles. The van der Waals surface area contributed by atoms with Crippen molar-refractivity contribution in [2.75, 3.05) is 0 Å². The highest BCUT2D eigenvalue weighted by Gasteiger charge is 2.11. The Balaban J connectivity index is 1.35. The van der Waals surface area contributed by atoms with Gasteiger partial charge in [-0.2, -0.15) is 5.10 Å². The minimum atomic E-state index is 0.0253. The third-order valence-corrected chi connectivity index (χ3v) is 5.26. The third kappa shape index (κ3) is 3.89. The summed E-state index contributed by atoms with van der Waals surface area (Å²) in [5.74, 6) is 0.827. The van der Waals surface area contributed by atoms with Gasteiger partial charge in [-0.3, -0.25) is 14.0 Å². The van der Waals surface area contributed by atoms with Gasteiger partial charge in [-0.1, -0.05) is 18.2 Å². The Kier molecular flexibility index (Phi) is 5.12. The van der Waals surface area contributed by atoms with Crippen LogP contribution in [0.4, 0.5) is 0 Å². The second-order valence-electron chi connectivity index (χ2n) is 7.18. The number of fused-ring (bicyclic) bond motifs is 1. The maximum absolute atomic E-state index is 12.2. The van der Waals surface area contributed by atoms with Crippen LogP contribution in [-0.2, 0) is 24.8 Å². The van der Waals surface area contributed by atoms with Gasteiger partial charge in [0.15, 0.2) is 0 Å². The number of imidazole rings is 1. The molecular weight excluding hydrogens is 364 g/mol. The Morgan fingerprint density at radius 1 is 1.10 bits per heavy atom. The van der Waals surface area contributed by atoms with Gasteiger partial charge >= 0.3 is 0 Å². The molecule has 0 aliphatic rings. The van der Waals surface area contributed by atoms with Crippen molar-refractivity contribution in [2.24, 2.45) is 7.05 Å². The summed E-state index contributed by atoms with van der Waals surface area (Å²) in [7, 11) is 1.93. The molecule has 148 valence electrons. The Hall–Kier alpha value is -3.48. The molecule has 0 atom stereocenters. The van der Waals surface area contributed by atoms with Gasteiger partial charge in [-0.15, -0.1) is 0 Å². The molecule has 0 aliphatic carbocycles. The van der Waals surface area contributed by atoms with Crippen LogP contribution in [0.25, 0.3) is 16.9 Å². The van der Waals surface area contributed by atoms with Crippen LogP contribution in [0.2, 0.25) is 0 Å². The van der Waals surface area contributed by atoms with Gasteiger partial charge in [-0.25, -0.2) is 9.97 Å². The highest BCUT2D eigenvalue weighted by atomic mass is 16.1. The Morgan fingerprint density at radius 2 is 1.93 bits per heavy atom. The van der Waals surface area contributed by atoms with Crippen molar-refractivity contribution < 1.29 is 4.79 Å². The molecule has 7 heteroatoms. The van der Waals surface area contributed by atoms with Crippen molar-refractivity contribution >= 4 is 16.9 Å². The van der Waals surface area contributed by atoms with Gasteiger partial charge in [0.1, 0.15) is 12.1 Å². The molecule has 1 amide bonds. The van der Waals surface area contributed by atoms with Gasteiger partial charge < -0.3 is 5.32 Å². The number of amides is 1. The number of para-hydroxylation sites is 2. The number of benzene rings is 1. The van der Waals surface area contributed by atoms with Crippen molar-refractivity contribution in [3.63, 3.8) is 0 Å². The number of pyridine rings is 1. The van der Waals surface area contributed by atoms with Gasteiger partial charge in [0, 0.05) is 31.9 Å². The van der Waals surface area contributed by atoms with Crippen LogP contribution < -0.4 is 5.32 Å². The Morgan fingerprint density at radius 3 is 2.66 bits per heavy atom. The minimum absolute atomic E-state index is 0.0253. The van der Waals surface area contributed by atoms with E-state index < -0.39 is 0 Å². The molecule has 7 nitrogen and oxygen atoms in total. The number of nitrogens with zero attached hydrogens (tertiary/aromatic N) is 5. The predicted molar refractivity (Wildman–Crippen MR) is 112 cm³/mol. The van der Waals surface area contributed by atoms with Crippen molar-refractivity contribution in [3.8, 4) is 5.82 Å².